The number of rotatable bonds is 5. The largest absolute Gasteiger partial charge is 0.394 e. The lowest BCUT2D eigenvalue weighted by Crippen LogP contribution is -2.40. The molecule has 1 fully saturated rings. The van der Waals surface area contributed by atoms with E-state index in [4.69, 9.17) is 9.84 Å². The Balaban J connectivity index is 2.17. The molecule has 1 aliphatic rings. The zero-order valence-corrected chi connectivity index (χ0v) is 11.8. The van der Waals surface area contributed by atoms with Crippen LogP contribution in [-0.4, -0.2) is 62.6 Å². The van der Waals surface area contributed by atoms with Gasteiger partial charge in [0, 0.05) is 17.8 Å². The van der Waals surface area contributed by atoms with Crippen LogP contribution in [0.1, 0.15) is 5.56 Å². The van der Waals surface area contributed by atoms with Gasteiger partial charge in [0.25, 0.3) is 5.69 Å². The summed E-state index contributed by atoms with van der Waals surface area (Å²) in [7, 11) is 0. The second kappa shape index (κ2) is 6.55. The number of aliphatic hydroxyl groups excluding tert-OH is 4. The van der Waals surface area contributed by atoms with Crippen LogP contribution in [0, 0.1) is 17.0 Å². The van der Waals surface area contributed by atoms with E-state index in [-0.39, 0.29) is 5.69 Å². The Morgan fingerprint density at radius 3 is 2.68 bits per heavy atom. The lowest BCUT2D eigenvalue weighted by molar-refractivity contribution is -0.384. The molecule has 0 radical (unpaired) electrons. The van der Waals surface area contributed by atoms with Gasteiger partial charge in [-0.15, -0.1) is 0 Å². The summed E-state index contributed by atoms with van der Waals surface area (Å²) in [6.45, 7) is 1.08. The Morgan fingerprint density at radius 2 is 2.09 bits per heavy atom. The molecule has 0 aromatic heterocycles. The first kappa shape index (κ1) is 16.6. The standard InChI is InChI=1S/C13H18N2O7/c1-6-2-3-7(15(20)21)4-8(6)14-13-11(19)10(18)12(22-13)9(17)5-16/h2-4,9-14,16-19H,5H2,1H3/t9-,10-,11+,12-,13+/m1/s1. The fourth-order valence-corrected chi connectivity index (χ4v) is 2.28. The molecule has 0 saturated carbocycles. The van der Waals surface area contributed by atoms with Gasteiger partial charge < -0.3 is 30.5 Å². The number of benzene rings is 1. The molecule has 0 spiro atoms. The predicted octanol–water partition coefficient (Wildman–Crippen LogP) is -0.885. The Bertz CT molecular complexity index is 553. The van der Waals surface area contributed by atoms with Crippen molar-refractivity contribution < 1.29 is 30.1 Å². The fourth-order valence-electron chi connectivity index (χ4n) is 2.28. The first-order valence-electron chi connectivity index (χ1n) is 6.67. The summed E-state index contributed by atoms with van der Waals surface area (Å²) in [6, 6.07) is 4.17. The van der Waals surface area contributed by atoms with Gasteiger partial charge in [-0.05, 0) is 12.5 Å². The average Bonchev–Trinajstić information content (AvgIpc) is 2.77. The van der Waals surface area contributed by atoms with E-state index in [1.165, 1.54) is 18.2 Å². The average molecular weight is 314 g/mol. The molecule has 0 amide bonds. The Kier molecular flexibility index (Phi) is 4.94. The van der Waals surface area contributed by atoms with Gasteiger partial charge in [0.05, 0.1) is 11.5 Å². The normalized spacial score (nSPS) is 29.3. The van der Waals surface area contributed by atoms with Crippen LogP contribution >= 0.6 is 0 Å². The maximum Gasteiger partial charge on any atom is 0.271 e. The molecule has 0 bridgehead atoms. The second-order valence-electron chi connectivity index (χ2n) is 5.15. The molecule has 1 aromatic carbocycles. The molecule has 9 nitrogen and oxygen atoms in total. The highest BCUT2D eigenvalue weighted by atomic mass is 16.6. The number of anilines is 1. The van der Waals surface area contributed by atoms with Crippen LogP contribution in [0.3, 0.4) is 0 Å². The van der Waals surface area contributed by atoms with Gasteiger partial charge in [0.1, 0.15) is 24.4 Å². The zero-order valence-electron chi connectivity index (χ0n) is 11.8. The number of nitrogens with one attached hydrogen (secondary N) is 1. The smallest absolute Gasteiger partial charge is 0.271 e. The van der Waals surface area contributed by atoms with Gasteiger partial charge in [-0.2, -0.15) is 0 Å². The van der Waals surface area contributed by atoms with Gasteiger partial charge in [-0.3, -0.25) is 10.1 Å². The summed E-state index contributed by atoms with van der Waals surface area (Å²) >= 11 is 0. The van der Waals surface area contributed by atoms with E-state index in [9.17, 15) is 25.4 Å². The third-order valence-corrected chi connectivity index (χ3v) is 3.60. The zero-order chi connectivity index (χ0) is 16.4. The highest BCUT2D eigenvalue weighted by molar-refractivity contribution is 5.57. The topological polar surface area (TPSA) is 145 Å². The molecular weight excluding hydrogens is 296 g/mol. The molecular formula is C13H18N2O7. The molecule has 1 saturated heterocycles. The Hall–Kier alpha value is -1.78. The summed E-state index contributed by atoms with van der Waals surface area (Å²) < 4.78 is 5.31. The first-order chi connectivity index (χ1) is 10.3. The molecule has 0 unspecified atom stereocenters. The van der Waals surface area contributed by atoms with Crippen molar-refractivity contribution in [1.82, 2.24) is 0 Å². The number of hydrogen-bond acceptors (Lipinski definition) is 8. The highest BCUT2D eigenvalue weighted by Crippen LogP contribution is 2.28. The van der Waals surface area contributed by atoms with Crippen LogP contribution < -0.4 is 5.32 Å². The van der Waals surface area contributed by atoms with E-state index in [1.54, 1.807) is 6.92 Å². The van der Waals surface area contributed by atoms with Gasteiger partial charge in [0.2, 0.25) is 0 Å². The van der Waals surface area contributed by atoms with Crippen LogP contribution in [0.5, 0.6) is 0 Å². The van der Waals surface area contributed by atoms with Crippen molar-refractivity contribution >= 4 is 11.4 Å². The number of aliphatic hydroxyl groups is 4. The first-order valence-corrected chi connectivity index (χ1v) is 6.67. The second-order valence-corrected chi connectivity index (χ2v) is 5.15. The van der Waals surface area contributed by atoms with Crippen molar-refractivity contribution in [3.63, 3.8) is 0 Å². The van der Waals surface area contributed by atoms with E-state index in [0.29, 0.717) is 11.3 Å². The molecule has 0 aliphatic carbocycles. The van der Waals surface area contributed by atoms with Crippen LogP contribution in [-0.2, 0) is 4.74 Å². The quantitative estimate of drug-likeness (QED) is 0.348. The minimum Gasteiger partial charge on any atom is -0.394 e. The van der Waals surface area contributed by atoms with Crippen molar-refractivity contribution in [3.05, 3.63) is 33.9 Å². The van der Waals surface area contributed by atoms with Crippen LogP contribution in [0.15, 0.2) is 18.2 Å². The Morgan fingerprint density at radius 1 is 1.41 bits per heavy atom. The van der Waals surface area contributed by atoms with E-state index in [1.807, 2.05) is 0 Å². The SMILES string of the molecule is Cc1ccc([N+](=O)[O-])cc1N[C@H]1O[C@H]([C@H](O)CO)[C@H](O)[C@@H]1O. The van der Waals surface area contributed by atoms with Gasteiger partial charge in [-0.1, -0.05) is 6.07 Å². The number of nitro groups is 1. The number of aryl methyl sites for hydroxylation is 1. The summed E-state index contributed by atoms with van der Waals surface area (Å²) in [5.41, 5.74) is 0.916. The minimum absolute atomic E-state index is 0.131. The maximum atomic E-state index is 10.8. The number of non-ortho nitro benzene ring substituents is 1. The molecule has 1 aliphatic heterocycles. The predicted molar refractivity (Wildman–Crippen MR) is 75.2 cm³/mol. The van der Waals surface area contributed by atoms with Gasteiger partial charge in [0.15, 0.2) is 6.23 Å². The highest BCUT2D eigenvalue weighted by Gasteiger charge is 2.45. The molecule has 1 aromatic rings. The summed E-state index contributed by atoms with van der Waals surface area (Å²) in [6.07, 6.45) is -6.32. The monoisotopic (exact) mass is 314 g/mol. The number of hydrogen-bond donors (Lipinski definition) is 5. The number of nitrogens with zero attached hydrogens (tertiary/aromatic N) is 1. The third-order valence-electron chi connectivity index (χ3n) is 3.60. The van der Waals surface area contributed by atoms with Crippen LogP contribution in [0.2, 0.25) is 0 Å². The van der Waals surface area contributed by atoms with Crippen molar-refractivity contribution in [2.75, 3.05) is 11.9 Å². The van der Waals surface area contributed by atoms with E-state index in [0.717, 1.165) is 0 Å². The number of ether oxygens (including phenoxy) is 1. The lowest BCUT2D eigenvalue weighted by Gasteiger charge is -2.20. The lowest BCUT2D eigenvalue weighted by atomic mass is 10.1. The molecule has 2 rings (SSSR count). The Labute approximate surface area is 125 Å². The van der Waals surface area contributed by atoms with Crippen molar-refractivity contribution in [1.29, 1.82) is 0 Å². The summed E-state index contributed by atoms with van der Waals surface area (Å²) in [4.78, 5) is 10.2. The summed E-state index contributed by atoms with van der Waals surface area (Å²) in [5, 5.41) is 51.8. The van der Waals surface area contributed by atoms with E-state index < -0.39 is 42.2 Å². The van der Waals surface area contributed by atoms with E-state index in [2.05, 4.69) is 5.32 Å². The van der Waals surface area contributed by atoms with Crippen LogP contribution in [0.25, 0.3) is 0 Å². The third kappa shape index (κ3) is 3.18. The van der Waals surface area contributed by atoms with Gasteiger partial charge in [-0.25, -0.2) is 0 Å². The molecule has 5 atom stereocenters. The minimum atomic E-state index is -1.39. The maximum absolute atomic E-state index is 10.8. The molecule has 1 heterocycles. The van der Waals surface area contributed by atoms with Crippen molar-refractivity contribution in [2.45, 2.75) is 37.6 Å². The number of nitro benzene ring substituents is 1. The van der Waals surface area contributed by atoms with Gasteiger partial charge >= 0.3 is 0 Å². The molecule has 22 heavy (non-hydrogen) atoms. The van der Waals surface area contributed by atoms with Crippen molar-refractivity contribution in [3.8, 4) is 0 Å². The van der Waals surface area contributed by atoms with Crippen LogP contribution in [0.4, 0.5) is 11.4 Å². The van der Waals surface area contributed by atoms with E-state index >= 15 is 0 Å². The fraction of sp³-hybridized carbons (Fsp3) is 0.538. The molecule has 122 valence electrons. The molecule has 9 heteroatoms. The summed E-state index contributed by atoms with van der Waals surface area (Å²) in [5.74, 6) is 0. The van der Waals surface area contributed by atoms with Crippen molar-refractivity contribution in [2.24, 2.45) is 0 Å². The molecule has 5 N–H and O–H groups in total.